The van der Waals surface area contributed by atoms with Gasteiger partial charge < -0.3 is 10.1 Å². The van der Waals surface area contributed by atoms with Crippen molar-refractivity contribution < 1.29 is 13.9 Å². The maximum Gasteiger partial charge on any atom is 0.267 e. The third-order valence-electron chi connectivity index (χ3n) is 4.03. The fourth-order valence-corrected chi connectivity index (χ4v) is 2.56. The van der Waals surface area contributed by atoms with Crippen LogP contribution in [0.3, 0.4) is 0 Å². The molecule has 0 saturated carbocycles. The number of benzene rings is 2. The molecule has 1 heterocycles. The lowest BCUT2D eigenvalue weighted by Gasteiger charge is -2.15. The normalized spacial score (nSPS) is 11.7. The summed E-state index contributed by atoms with van der Waals surface area (Å²) in [6.07, 6.45) is 0. The highest BCUT2D eigenvalue weighted by Gasteiger charge is 2.18. The molecule has 0 bridgehead atoms. The second kappa shape index (κ2) is 7.82. The molecule has 138 valence electrons. The van der Waals surface area contributed by atoms with E-state index in [2.05, 4.69) is 10.4 Å². The number of carbonyl (C=O) groups is 1. The van der Waals surface area contributed by atoms with Crippen molar-refractivity contribution in [1.29, 1.82) is 0 Å². The van der Waals surface area contributed by atoms with Gasteiger partial charge in [0.25, 0.3) is 5.56 Å². The van der Waals surface area contributed by atoms with Crippen molar-refractivity contribution in [3.8, 4) is 17.0 Å². The molecule has 0 saturated heterocycles. The molecule has 0 spiro atoms. The molecular formula is C20H18FN3O3. The van der Waals surface area contributed by atoms with E-state index in [-0.39, 0.29) is 0 Å². The van der Waals surface area contributed by atoms with Crippen LogP contribution < -0.4 is 15.6 Å². The van der Waals surface area contributed by atoms with Crippen LogP contribution in [0.25, 0.3) is 11.3 Å². The first-order chi connectivity index (χ1) is 13.0. The summed E-state index contributed by atoms with van der Waals surface area (Å²) in [6.45, 7) is 1.55. The van der Waals surface area contributed by atoms with E-state index in [0.717, 1.165) is 10.2 Å². The molecular weight excluding hydrogens is 349 g/mol. The average Bonchev–Trinajstić information content (AvgIpc) is 2.68. The van der Waals surface area contributed by atoms with Crippen LogP contribution in [0, 0.1) is 5.82 Å². The monoisotopic (exact) mass is 367 g/mol. The van der Waals surface area contributed by atoms with Crippen LogP contribution in [0.4, 0.5) is 10.1 Å². The molecule has 3 rings (SSSR count). The summed E-state index contributed by atoms with van der Waals surface area (Å²) in [4.78, 5) is 24.7. The van der Waals surface area contributed by atoms with Crippen molar-refractivity contribution in [3.05, 3.63) is 76.8 Å². The Balaban J connectivity index is 1.89. The number of aromatic nitrogens is 2. The van der Waals surface area contributed by atoms with Crippen LogP contribution in [-0.2, 0) is 4.79 Å². The maximum absolute atomic E-state index is 13.3. The van der Waals surface area contributed by atoms with Gasteiger partial charge in [0, 0.05) is 17.3 Å². The molecule has 27 heavy (non-hydrogen) atoms. The Kier molecular flexibility index (Phi) is 5.30. The van der Waals surface area contributed by atoms with Crippen LogP contribution in [0.1, 0.15) is 13.0 Å². The van der Waals surface area contributed by atoms with Crippen molar-refractivity contribution in [2.45, 2.75) is 13.0 Å². The molecule has 0 radical (unpaired) electrons. The second-order valence-electron chi connectivity index (χ2n) is 5.91. The van der Waals surface area contributed by atoms with Crippen molar-refractivity contribution >= 4 is 11.6 Å². The van der Waals surface area contributed by atoms with Gasteiger partial charge in [0.05, 0.1) is 12.8 Å². The quantitative estimate of drug-likeness (QED) is 0.751. The first-order valence-corrected chi connectivity index (χ1v) is 8.28. The van der Waals surface area contributed by atoms with Gasteiger partial charge in [-0.3, -0.25) is 9.59 Å². The van der Waals surface area contributed by atoms with E-state index in [9.17, 15) is 14.0 Å². The van der Waals surface area contributed by atoms with Gasteiger partial charge in [-0.25, -0.2) is 9.07 Å². The lowest BCUT2D eigenvalue weighted by Crippen LogP contribution is -2.33. The summed E-state index contributed by atoms with van der Waals surface area (Å²) in [5, 5.41) is 6.90. The number of hydrogen-bond donors (Lipinski definition) is 1. The van der Waals surface area contributed by atoms with Gasteiger partial charge in [-0.15, -0.1) is 0 Å². The van der Waals surface area contributed by atoms with Crippen LogP contribution in [0.2, 0.25) is 0 Å². The standard InChI is InChI=1S/C20H18FN3O3/c1-13(20(26)22-16-7-4-6-15(21)12-16)24-19(25)10-9-18(23-24)14-5-3-8-17(11-14)27-2/h3-13H,1-2H3,(H,22,26). The molecule has 0 aliphatic rings. The number of anilines is 1. The number of nitrogens with one attached hydrogen (secondary N) is 1. The summed E-state index contributed by atoms with van der Waals surface area (Å²) in [7, 11) is 1.56. The zero-order chi connectivity index (χ0) is 19.4. The number of methoxy groups -OCH3 is 1. The van der Waals surface area contributed by atoms with E-state index in [1.807, 2.05) is 12.1 Å². The summed E-state index contributed by atoms with van der Waals surface area (Å²) in [5.74, 6) is -0.280. The van der Waals surface area contributed by atoms with Gasteiger partial charge in [-0.1, -0.05) is 18.2 Å². The van der Waals surface area contributed by atoms with E-state index in [0.29, 0.717) is 17.1 Å². The van der Waals surface area contributed by atoms with Gasteiger partial charge in [-0.2, -0.15) is 5.10 Å². The van der Waals surface area contributed by atoms with Crippen molar-refractivity contribution in [1.82, 2.24) is 9.78 Å². The van der Waals surface area contributed by atoms with Crippen molar-refractivity contribution in [2.75, 3.05) is 12.4 Å². The fourth-order valence-electron chi connectivity index (χ4n) is 2.56. The highest BCUT2D eigenvalue weighted by molar-refractivity contribution is 5.93. The number of amides is 1. The molecule has 1 unspecified atom stereocenters. The minimum atomic E-state index is -0.883. The Hall–Kier alpha value is -3.48. The van der Waals surface area contributed by atoms with Crippen LogP contribution >= 0.6 is 0 Å². The lowest BCUT2D eigenvalue weighted by atomic mass is 10.1. The Labute approximate surface area is 155 Å². The average molecular weight is 367 g/mol. The smallest absolute Gasteiger partial charge is 0.267 e. The number of halogens is 1. The Morgan fingerprint density at radius 2 is 1.93 bits per heavy atom. The minimum Gasteiger partial charge on any atom is -0.497 e. The van der Waals surface area contributed by atoms with Crippen molar-refractivity contribution in [3.63, 3.8) is 0 Å². The molecule has 1 amide bonds. The Bertz CT molecular complexity index is 1030. The molecule has 1 aromatic heterocycles. The SMILES string of the molecule is COc1cccc(-c2ccc(=O)n(C(C)C(=O)Nc3cccc(F)c3)n2)c1. The van der Waals surface area contributed by atoms with E-state index in [1.54, 1.807) is 38.3 Å². The van der Waals surface area contributed by atoms with Gasteiger partial charge in [-0.05, 0) is 43.3 Å². The highest BCUT2D eigenvalue weighted by Crippen LogP contribution is 2.21. The van der Waals surface area contributed by atoms with Gasteiger partial charge >= 0.3 is 0 Å². The fraction of sp³-hybridized carbons (Fsp3) is 0.150. The highest BCUT2D eigenvalue weighted by atomic mass is 19.1. The molecule has 1 atom stereocenters. The number of hydrogen-bond acceptors (Lipinski definition) is 4. The molecule has 0 fully saturated rings. The second-order valence-corrected chi connectivity index (χ2v) is 5.91. The summed E-state index contributed by atoms with van der Waals surface area (Å²) < 4.78 is 19.6. The topological polar surface area (TPSA) is 73.2 Å². The minimum absolute atomic E-state index is 0.309. The van der Waals surface area contributed by atoms with Crippen LogP contribution in [0.5, 0.6) is 5.75 Å². The summed E-state index contributed by atoms with van der Waals surface area (Å²) in [5.41, 5.74) is 1.17. The summed E-state index contributed by atoms with van der Waals surface area (Å²) >= 11 is 0. The van der Waals surface area contributed by atoms with E-state index < -0.39 is 23.3 Å². The van der Waals surface area contributed by atoms with Gasteiger partial charge in [0.2, 0.25) is 5.91 Å². The molecule has 0 aliphatic heterocycles. The number of rotatable bonds is 5. The van der Waals surface area contributed by atoms with Crippen LogP contribution in [-0.4, -0.2) is 22.8 Å². The lowest BCUT2D eigenvalue weighted by molar-refractivity contribution is -0.119. The predicted octanol–water partition coefficient (Wildman–Crippen LogP) is 3.26. The predicted molar refractivity (Wildman–Crippen MR) is 100 cm³/mol. The first-order valence-electron chi connectivity index (χ1n) is 8.28. The summed E-state index contributed by atoms with van der Waals surface area (Å²) in [6, 6.07) is 14.8. The molecule has 3 aromatic rings. The maximum atomic E-state index is 13.3. The Morgan fingerprint density at radius 1 is 1.15 bits per heavy atom. The molecule has 7 heteroatoms. The van der Waals surface area contributed by atoms with Gasteiger partial charge in [0.15, 0.2) is 0 Å². The number of ether oxygens (including phenoxy) is 1. The molecule has 2 aromatic carbocycles. The number of nitrogens with zero attached hydrogens (tertiary/aromatic N) is 2. The van der Waals surface area contributed by atoms with E-state index in [1.165, 1.54) is 24.3 Å². The molecule has 0 aliphatic carbocycles. The first kappa shape index (κ1) is 18.3. The molecule has 6 nitrogen and oxygen atoms in total. The zero-order valence-corrected chi connectivity index (χ0v) is 14.8. The molecule has 1 N–H and O–H groups in total. The third-order valence-corrected chi connectivity index (χ3v) is 4.03. The third kappa shape index (κ3) is 4.20. The van der Waals surface area contributed by atoms with E-state index >= 15 is 0 Å². The number of carbonyl (C=O) groups excluding carboxylic acids is 1. The Morgan fingerprint density at radius 3 is 2.67 bits per heavy atom. The largest absolute Gasteiger partial charge is 0.497 e. The van der Waals surface area contributed by atoms with Crippen molar-refractivity contribution in [2.24, 2.45) is 0 Å². The van der Waals surface area contributed by atoms with E-state index in [4.69, 9.17) is 4.74 Å². The zero-order valence-electron chi connectivity index (χ0n) is 14.8. The van der Waals surface area contributed by atoms with Crippen LogP contribution in [0.15, 0.2) is 65.5 Å². The van der Waals surface area contributed by atoms with Gasteiger partial charge in [0.1, 0.15) is 17.6 Å².